The van der Waals surface area contributed by atoms with Gasteiger partial charge in [-0.25, -0.2) is 4.79 Å². The lowest BCUT2D eigenvalue weighted by Crippen LogP contribution is -2.73. The minimum absolute atomic E-state index is 0.0622. The number of esters is 1. The summed E-state index contributed by atoms with van der Waals surface area (Å²) in [6.45, 7) is 7.13. The van der Waals surface area contributed by atoms with Gasteiger partial charge in [0.25, 0.3) is 0 Å². The van der Waals surface area contributed by atoms with Crippen LogP contribution in [0.2, 0.25) is 0 Å². The molecule has 2 saturated heterocycles. The first-order valence-electron chi connectivity index (χ1n) is 8.84. The predicted molar refractivity (Wildman–Crippen MR) is 81.9 cm³/mol. The van der Waals surface area contributed by atoms with E-state index in [1.165, 1.54) is 25.7 Å². The zero-order valence-corrected chi connectivity index (χ0v) is 13.8. The first-order valence-corrected chi connectivity index (χ1v) is 8.84. The van der Waals surface area contributed by atoms with Crippen LogP contribution < -0.4 is 0 Å². The van der Waals surface area contributed by atoms with Crippen molar-refractivity contribution in [2.75, 3.05) is 6.61 Å². The molecule has 0 N–H and O–H groups in total. The lowest BCUT2D eigenvalue weighted by molar-refractivity contribution is -0.327. The highest BCUT2D eigenvalue weighted by Gasteiger charge is 2.68. The first kappa shape index (κ1) is 15.3. The van der Waals surface area contributed by atoms with Gasteiger partial charge in [0.2, 0.25) is 0 Å². The molecule has 1 saturated carbocycles. The summed E-state index contributed by atoms with van der Waals surface area (Å²) in [7, 11) is 0. The molecular formula is C18H30O3. The van der Waals surface area contributed by atoms with Crippen LogP contribution in [0.5, 0.6) is 0 Å². The minimum atomic E-state index is -0.631. The van der Waals surface area contributed by atoms with Crippen LogP contribution in [0, 0.1) is 17.8 Å². The zero-order valence-electron chi connectivity index (χ0n) is 13.8. The smallest absolute Gasteiger partial charge is 0.339 e. The highest BCUT2D eigenvalue weighted by Crippen LogP contribution is 2.57. The molecule has 120 valence electrons. The lowest BCUT2D eigenvalue weighted by Gasteiger charge is -2.61. The summed E-state index contributed by atoms with van der Waals surface area (Å²) in [4.78, 5) is 12.8. The summed E-state index contributed by atoms with van der Waals surface area (Å²) in [6.07, 6.45) is 9.27. The summed E-state index contributed by atoms with van der Waals surface area (Å²) in [6, 6.07) is 0. The largest absolute Gasteiger partial charge is 0.464 e. The van der Waals surface area contributed by atoms with Gasteiger partial charge < -0.3 is 9.47 Å². The Morgan fingerprint density at radius 2 is 1.71 bits per heavy atom. The molecule has 3 fully saturated rings. The van der Waals surface area contributed by atoms with Crippen molar-refractivity contribution in [3.63, 3.8) is 0 Å². The fourth-order valence-electron chi connectivity index (χ4n) is 4.91. The Hall–Kier alpha value is -0.570. The predicted octanol–water partition coefficient (Wildman–Crippen LogP) is 4.09. The minimum Gasteiger partial charge on any atom is -0.464 e. The fourth-order valence-corrected chi connectivity index (χ4v) is 4.91. The Morgan fingerprint density at radius 3 is 2.38 bits per heavy atom. The Kier molecular flexibility index (Phi) is 4.06. The lowest BCUT2D eigenvalue weighted by atomic mass is 9.59. The summed E-state index contributed by atoms with van der Waals surface area (Å²) in [5.41, 5.74) is -0.811. The van der Waals surface area contributed by atoms with E-state index in [1.807, 2.05) is 0 Å². The van der Waals surface area contributed by atoms with Crippen molar-refractivity contribution in [2.45, 2.75) is 83.3 Å². The van der Waals surface area contributed by atoms with Gasteiger partial charge in [-0.05, 0) is 51.4 Å². The van der Waals surface area contributed by atoms with Crippen molar-refractivity contribution in [3.8, 4) is 0 Å². The van der Waals surface area contributed by atoms with E-state index < -0.39 is 5.60 Å². The molecule has 0 aromatic carbocycles. The van der Waals surface area contributed by atoms with Gasteiger partial charge in [0.1, 0.15) is 0 Å². The van der Waals surface area contributed by atoms with Crippen molar-refractivity contribution >= 4 is 5.97 Å². The van der Waals surface area contributed by atoms with E-state index in [0.717, 1.165) is 25.7 Å². The maximum absolute atomic E-state index is 12.8. The number of cyclic esters (lactones) is 1. The average molecular weight is 294 g/mol. The molecular weight excluding hydrogens is 264 g/mol. The van der Waals surface area contributed by atoms with Crippen LogP contribution in [0.15, 0.2) is 0 Å². The van der Waals surface area contributed by atoms with Gasteiger partial charge in [-0.15, -0.1) is 0 Å². The Bertz CT molecular complexity index is 397. The quantitative estimate of drug-likeness (QED) is 0.683. The molecule has 0 radical (unpaired) electrons. The molecule has 21 heavy (non-hydrogen) atoms. The summed E-state index contributed by atoms with van der Waals surface area (Å²) in [5.74, 6) is 1.26. The fraction of sp³-hybridized carbons (Fsp3) is 0.944. The van der Waals surface area contributed by atoms with Gasteiger partial charge in [0, 0.05) is 5.92 Å². The molecule has 2 aliphatic heterocycles. The molecule has 3 rings (SSSR count). The number of ether oxygens (including phenoxy) is 2. The first-order chi connectivity index (χ1) is 9.97. The van der Waals surface area contributed by atoms with E-state index >= 15 is 0 Å². The molecule has 3 nitrogen and oxygen atoms in total. The third-order valence-corrected chi connectivity index (χ3v) is 6.11. The van der Waals surface area contributed by atoms with E-state index in [2.05, 4.69) is 20.8 Å². The molecule has 0 aromatic rings. The number of carbonyl (C=O) groups excluding carboxylic acids is 1. The highest BCUT2D eigenvalue weighted by molar-refractivity contribution is 5.82. The Morgan fingerprint density at radius 1 is 1.00 bits per heavy atom. The molecule has 3 heteroatoms. The normalized spacial score (nSPS) is 41.0. The Balaban J connectivity index is 1.90. The van der Waals surface area contributed by atoms with Crippen LogP contribution in [-0.2, 0) is 14.3 Å². The number of rotatable bonds is 1. The molecule has 0 bridgehead atoms. The van der Waals surface area contributed by atoms with Gasteiger partial charge in [0.05, 0.1) is 12.2 Å². The molecule has 0 amide bonds. The molecule has 2 heterocycles. The van der Waals surface area contributed by atoms with Crippen molar-refractivity contribution in [3.05, 3.63) is 0 Å². The van der Waals surface area contributed by atoms with Crippen LogP contribution in [-0.4, -0.2) is 23.8 Å². The van der Waals surface area contributed by atoms with Gasteiger partial charge in [-0.3, -0.25) is 0 Å². The second-order valence-electron chi connectivity index (χ2n) is 7.99. The van der Waals surface area contributed by atoms with Crippen LogP contribution >= 0.6 is 0 Å². The SMILES string of the molecule is C[C@H]1CCOC(=O)[C@@]2(C3CCCCC3)OC(C)(C)[C@H]2CC1. The standard InChI is InChI=1S/C18H30O3/c1-13-9-10-15-17(2,3)21-18(15,16(19)20-12-11-13)14-7-5-4-6-8-14/h13-15H,4-12H2,1-3H3/t13-,15-,18+/m1/s1. The molecule has 0 spiro atoms. The van der Waals surface area contributed by atoms with Crippen molar-refractivity contribution in [1.29, 1.82) is 0 Å². The maximum Gasteiger partial charge on any atom is 0.339 e. The second-order valence-corrected chi connectivity index (χ2v) is 7.99. The number of carbonyl (C=O) groups is 1. The third-order valence-electron chi connectivity index (χ3n) is 6.11. The van der Waals surface area contributed by atoms with Crippen molar-refractivity contribution < 1.29 is 14.3 Å². The van der Waals surface area contributed by atoms with Crippen LogP contribution in [0.4, 0.5) is 0 Å². The number of hydrogen-bond acceptors (Lipinski definition) is 3. The number of fused-ring (bicyclic) bond motifs is 1. The van der Waals surface area contributed by atoms with Gasteiger partial charge in [0.15, 0.2) is 5.60 Å². The van der Waals surface area contributed by atoms with E-state index in [-0.39, 0.29) is 11.6 Å². The van der Waals surface area contributed by atoms with E-state index in [9.17, 15) is 4.79 Å². The third kappa shape index (κ3) is 2.52. The van der Waals surface area contributed by atoms with Crippen LogP contribution in [0.3, 0.4) is 0 Å². The van der Waals surface area contributed by atoms with Crippen molar-refractivity contribution in [2.24, 2.45) is 17.8 Å². The van der Waals surface area contributed by atoms with Gasteiger partial charge in [-0.2, -0.15) is 0 Å². The van der Waals surface area contributed by atoms with Crippen LogP contribution in [0.1, 0.15) is 72.1 Å². The Labute approximate surface area is 128 Å². The second kappa shape index (κ2) is 5.57. The average Bonchev–Trinajstić information content (AvgIpc) is 2.49. The molecule has 1 aliphatic carbocycles. The van der Waals surface area contributed by atoms with E-state index in [1.54, 1.807) is 0 Å². The summed E-state index contributed by atoms with van der Waals surface area (Å²) >= 11 is 0. The molecule has 0 unspecified atom stereocenters. The summed E-state index contributed by atoms with van der Waals surface area (Å²) < 4.78 is 12.0. The highest BCUT2D eigenvalue weighted by atomic mass is 16.6. The summed E-state index contributed by atoms with van der Waals surface area (Å²) in [5, 5.41) is 0. The number of hydrogen-bond donors (Lipinski definition) is 0. The van der Waals surface area contributed by atoms with Crippen molar-refractivity contribution in [1.82, 2.24) is 0 Å². The topological polar surface area (TPSA) is 35.5 Å². The zero-order chi connectivity index (χ0) is 15.1. The van der Waals surface area contributed by atoms with E-state index in [4.69, 9.17) is 9.47 Å². The molecule has 3 atom stereocenters. The molecule has 0 aromatic heterocycles. The molecule has 3 aliphatic rings. The van der Waals surface area contributed by atoms with Crippen LogP contribution in [0.25, 0.3) is 0 Å². The van der Waals surface area contributed by atoms with Gasteiger partial charge >= 0.3 is 5.97 Å². The maximum atomic E-state index is 12.8. The van der Waals surface area contributed by atoms with E-state index in [0.29, 0.717) is 24.4 Å². The van der Waals surface area contributed by atoms with Gasteiger partial charge in [-0.1, -0.05) is 32.6 Å². The monoisotopic (exact) mass is 294 g/mol.